The van der Waals surface area contributed by atoms with Gasteiger partial charge in [-0.15, -0.1) is 0 Å². The molecule has 0 aromatic heterocycles. The summed E-state index contributed by atoms with van der Waals surface area (Å²) in [4.78, 5) is 14.6. The van der Waals surface area contributed by atoms with E-state index in [4.69, 9.17) is 4.74 Å². The number of carbonyl (C=O) groups is 1. The van der Waals surface area contributed by atoms with E-state index in [0.29, 0.717) is 5.41 Å². The summed E-state index contributed by atoms with van der Waals surface area (Å²) in [6.07, 6.45) is 4.66. The average molecular weight is 289 g/mol. The lowest BCUT2D eigenvalue weighted by atomic mass is 9.74. The molecule has 3 nitrogen and oxygen atoms in total. The van der Waals surface area contributed by atoms with Crippen molar-refractivity contribution in [3.8, 4) is 5.75 Å². The molecule has 1 aromatic rings. The molecule has 1 aliphatic rings. The Labute approximate surface area is 128 Å². The number of carbonyl (C=O) groups excluding carboxylic acids is 1. The Bertz CT molecular complexity index is 496. The first kappa shape index (κ1) is 15.9. The molecule has 0 radical (unpaired) electrons. The van der Waals surface area contributed by atoms with Crippen LogP contribution in [0.4, 0.5) is 0 Å². The maximum absolute atomic E-state index is 12.6. The van der Waals surface area contributed by atoms with E-state index in [9.17, 15) is 4.79 Å². The quantitative estimate of drug-likeness (QED) is 0.837. The Hall–Kier alpha value is -1.51. The minimum atomic E-state index is 0.133. The van der Waals surface area contributed by atoms with Gasteiger partial charge in [0.15, 0.2) is 0 Å². The molecule has 3 heteroatoms. The highest BCUT2D eigenvalue weighted by molar-refractivity contribution is 5.94. The minimum absolute atomic E-state index is 0.133. The van der Waals surface area contributed by atoms with Crippen molar-refractivity contribution in [2.24, 2.45) is 5.41 Å². The maximum Gasteiger partial charge on any atom is 0.253 e. The first-order valence-electron chi connectivity index (χ1n) is 7.99. The number of hydrogen-bond acceptors (Lipinski definition) is 2. The third-order valence-corrected chi connectivity index (χ3v) is 5.27. The van der Waals surface area contributed by atoms with Crippen LogP contribution in [0.2, 0.25) is 0 Å². The fourth-order valence-electron chi connectivity index (χ4n) is 3.28. The molecule has 0 aliphatic carbocycles. The minimum Gasteiger partial charge on any atom is -0.496 e. The first-order valence-corrected chi connectivity index (χ1v) is 7.99. The smallest absolute Gasteiger partial charge is 0.253 e. The van der Waals surface area contributed by atoms with E-state index in [0.717, 1.165) is 42.8 Å². The number of aryl methyl sites for hydroxylation is 1. The summed E-state index contributed by atoms with van der Waals surface area (Å²) in [5.74, 6) is 0.920. The van der Waals surface area contributed by atoms with Gasteiger partial charge in [0, 0.05) is 18.7 Å². The summed E-state index contributed by atoms with van der Waals surface area (Å²) in [6.45, 7) is 8.27. The van der Waals surface area contributed by atoms with Crippen LogP contribution in [0.25, 0.3) is 0 Å². The Morgan fingerprint density at radius 3 is 2.38 bits per heavy atom. The van der Waals surface area contributed by atoms with Crippen molar-refractivity contribution in [3.63, 3.8) is 0 Å². The zero-order valence-electron chi connectivity index (χ0n) is 13.7. The lowest BCUT2D eigenvalue weighted by molar-refractivity contribution is 0.0557. The van der Waals surface area contributed by atoms with E-state index in [1.807, 2.05) is 30.0 Å². The molecule has 116 valence electrons. The molecule has 0 bridgehead atoms. The van der Waals surface area contributed by atoms with E-state index in [2.05, 4.69) is 13.8 Å². The maximum atomic E-state index is 12.6. The van der Waals surface area contributed by atoms with Crippen molar-refractivity contribution in [3.05, 3.63) is 29.3 Å². The molecule has 1 heterocycles. The molecule has 0 saturated carbocycles. The predicted molar refractivity (Wildman–Crippen MR) is 85.9 cm³/mol. The summed E-state index contributed by atoms with van der Waals surface area (Å²) >= 11 is 0. The van der Waals surface area contributed by atoms with Crippen LogP contribution in [0.3, 0.4) is 0 Å². The van der Waals surface area contributed by atoms with E-state index in [1.54, 1.807) is 7.11 Å². The van der Waals surface area contributed by atoms with Crippen LogP contribution in [-0.4, -0.2) is 31.0 Å². The lowest BCUT2D eigenvalue weighted by Crippen LogP contribution is -2.42. The molecule has 0 spiro atoms. The van der Waals surface area contributed by atoms with Gasteiger partial charge in [0.1, 0.15) is 5.75 Å². The number of likely N-dealkylation sites (tertiary alicyclic amines) is 1. The highest BCUT2D eigenvalue weighted by Gasteiger charge is 2.33. The van der Waals surface area contributed by atoms with Gasteiger partial charge in [-0.3, -0.25) is 4.79 Å². The number of amides is 1. The number of rotatable bonds is 4. The van der Waals surface area contributed by atoms with Crippen molar-refractivity contribution in [2.45, 2.75) is 46.5 Å². The molecule has 0 atom stereocenters. The number of ether oxygens (including phenoxy) is 1. The van der Waals surface area contributed by atoms with Crippen molar-refractivity contribution < 1.29 is 9.53 Å². The highest BCUT2D eigenvalue weighted by Crippen LogP contribution is 2.38. The van der Waals surface area contributed by atoms with Crippen LogP contribution in [0.1, 0.15) is 55.5 Å². The number of piperidine rings is 1. The van der Waals surface area contributed by atoms with Gasteiger partial charge >= 0.3 is 0 Å². The van der Waals surface area contributed by atoms with Crippen LogP contribution in [-0.2, 0) is 0 Å². The van der Waals surface area contributed by atoms with Gasteiger partial charge in [0.2, 0.25) is 0 Å². The zero-order chi connectivity index (χ0) is 15.5. The van der Waals surface area contributed by atoms with Gasteiger partial charge < -0.3 is 9.64 Å². The SMILES string of the molecule is CCC1(CC)CCN(C(=O)c2ccc(C)c(OC)c2)CC1. The zero-order valence-corrected chi connectivity index (χ0v) is 13.7. The molecule has 1 aromatic carbocycles. The van der Waals surface area contributed by atoms with Crippen LogP contribution < -0.4 is 4.74 Å². The summed E-state index contributed by atoms with van der Waals surface area (Å²) in [7, 11) is 1.65. The summed E-state index contributed by atoms with van der Waals surface area (Å²) in [5.41, 5.74) is 2.24. The number of methoxy groups -OCH3 is 1. The fourth-order valence-corrected chi connectivity index (χ4v) is 3.28. The number of hydrogen-bond donors (Lipinski definition) is 0. The molecule has 2 rings (SSSR count). The van der Waals surface area contributed by atoms with E-state index >= 15 is 0 Å². The molecule has 0 N–H and O–H groups in total. The second-order valence-corrected chi connectivity index (χ2v) is 6.18. The monoisotopic (exact) mass is 289 g/mol. The molecular weight excluding hydrogens is 262 g/mol. The third-order valence-electron chi connectivity index (χ3n) is 5.27. The predicted octanol–water partition coefficient (Wildman–Crippen LogP) is 4.05. The summed E-state index contributed by atoms with van der Waals surface area (Å²) in [5, 5.41) is 0. The molecule has 0 unspecified atom stereocenters. The van der Waals surface area contributed by atoms with Gasteiger partial charge in [-0.25, -0.2) is 0 Å². The third kappa shape index (κ3) is 3.22. The largest absolute Gasteiger partial charge is 0.496 e. The average Bonchev–Trinajstić information content (AvgIpc) is 2.54. The summed E-state index contributed by atoms with van der Waals surface area (Å²) in [6, 6.07) is 5.72. The first-order chi connectivity index (χ1) is 10.0. The lowest BCUT2D eigenvalue weighted by Gasteiger charge is -2.41. The Morgan fingerprint density at radius 2 is 1.86 bits per heavy atom. The van der Waals surface area contributed by atoms with Crippen molar-refractivity contribution in [1.29, 1.82) is 0 Å². The normalized spacial score (nSPS) is 17.6. The summed E-state index contributed by atoms with van der Waals surface area (Å²) < 4.78 is 5.32. The molecule has 1 fully saturated rings. The van der Waals surface area contributed by atoms with E-state index in [1.165, 1.54) is 12.8 Å². The van der Waals surface area contributed by atoms with Gasteiger partial charge in [-0.05, 0) is 42.9 Å². The molecule has 21 heavy (non-hydrogen) atoms. The number of benzene rings is 1. The van der Waals surface area contributed by atoms with Crippen molar-refractivity contribution >= 4 is 5.91 Å². The van der Waals surface area contributed by atoms with Gasteiger partial charge in [0.25, 0.3) is 5.91 Å². The molecular formula is C18H27NO2. The molecule has 1 amide bonds. The highest BCUT2D eigenvalue weighted by atomic mass is 16.5. The van der Waals surface area contributed by atoms with Crippen LogP contribution >= 0.6 is 0 Å². The van der Waals surface area contributed by atoms with E-state index < -0.39 is 0 Å². The number of nitrogens with zero attached hydrogens (tertiary/aromatic N) is 1. The molecule has 1 saturated heterocycles. The van der Waals surface area contributed by atoms with Crippen molar-refractivity contribution in [1.82, 2.24) is 4.90 Å². The van der Waals surface area contributed by atoms with Gasteiger partial charge in [-0.2, -0.15) is 0 Å². The standard InChI is InChI=1S/C18H27NO2/c1-5-18(6-2)9-11-19(12-10-18)17(20)15-8-7-14(3)16(13-15)21-4/h7-8,13H,5-6,9-12H2,1-4H3. The van der Waals surface area contributed by atoms with Crippen LogP contribution in [0, 0.1) is 12.3 Å². The van der Waals surface area contributed by atoms with Gasteiger partial charge in [0.05, 0.1) is 7.11 Å². The van der Waals surface area contributed by atoms with Crippen molar-refractivity contribution in [2.75, 3.05) is 20.2 Å². The Kier molecular flexibility index (Phi) is 4.92. The van der Waals surface area contributed by atoms with E-state index in [-0.39, 0.29) is 5.91 Å². The fraction of sp³-hybridized carbons (Fsp3) is 0.611. The van der Waals surface area contributed by atoms with Gasteiger partial charge in [-0.1, -0.05) is 32.8 Å². The second-order valence-electron chi connectivity index (χ2n) is 6.18. The topological polar surface area (TPSA) is 29.5 Å². The second kappa shape index (κ2) is 6.50. The van der Waals surface area contributed by atoms with Crippen LogP contribution in [0.15, 0.2) is 18.2 Å². The Morgan fingerprint density at radius 1 is 1.24 bits per heavy atom. The Balaban J connectivity index is 2.08. The molecule has 1 aliphatic heterocycles. The van der Waals surface area contributed by atoms with Crippen LogP contribution in [0.5, 0.6) is 5.75 Å².